The molecular formula is C11H14ClNO2. The van der Waals surface area contributed by atoms with Gasteiger partial charge < -0.3 is 15.2 Å². The molecule has 1 fully saturated rings. The normalized spacial score (nSPS) is 21.3. The second kappa shape index (κ2) is 4.73. The van der Waals surface area contributed by atoms with Crippen LogP contribution in [-0.2, 0) is 4.74 Å². The Morgan fingerprint density at radius 2 is 2.27 bits per heavy atom. The molecule has 1 aromatic carbocycles. The average molecular weight is 228 g/mol. The number of nitrogen functional groups attached to an aromatic ring is 1. The van der Waals surface area contributed by atoms with Gasteiger partial charge in [-0.25, -0.2) is 0 Å². The summed E-state index contributed by atoms with van der Waals surface area (Å²) < 4.78 is 11.1. The minimum Gasteiger partial charge on any atom is -0.463 e. The van der Waals surface area contributed by atoms with Gasteiger partial charge in [0.1, 0.15) is 5.75 Å². The topological polar surface area (TPSA) is 44.5 Å². The van der Waals surface area contributed by atoms with E-state index in [1.54, 1.807) is 18.2 Å². The van der Waals surface area contributed by atoms with Crippen molar-refractivity contribution in [2.45, 2.75) is 25.6 Å². The molecule has 1 saturated heterocycles. The number of nitrogens with two attached hydrogens (primary N) is 1. The molecule has 1 unspecified atom stereocenters. The van der Waals surface area contributed by atoms with E-state index < -0.39 is 0 Å². The molecule has 0 radical (unpaired) electrons. The van der Waals surface area contributed by atoms with Crippen LogP contribution in [0.3, 0.4) is 0 Å². The molecule has 1 aliphatic heterocycles. The molecule has 0 saturated carbocycles. The van der Waals surface area contributed by atoms with Gasteiger partial charge in [0.2, 0.25) is 0 Å². The van der Waals surface area contributed by atoms with Gasteiger partial charge >= 0.3 is 0 Å². The fourth-order valence-corrected chi connectivity index (χ4v) is 1.79. The number of halogens is 1. The Labute approximate surface area is 94.1 Å². The van der Waals surface area contributed by atoms with Crippen molar-refractivity contribution in [1.29, 1.82) is 0 Å². The highest BCUT2D eigenvalue weighted by molar-refractivity contribution is 6.32. The van der Waals surface area contributed by atoms with Gasteiger partial charge in [-0.15, -0.1) is 0 Å². The van der Waals surface area contributed by atoms with Crippen LogP contribution in [0.1, 0.15) is 19.3 Å². The summed E-state index contributed by atoms with van der Waals surface area (Å²) in [5, 5.41) is 0.532. The molecule has 82 valence electrons. The molecule has 2 N–H and O–H groups in total. The lowest BCUT2D eigenvalue weighted by atomic mass is 10.2. The van der Waals surface area contributed by atoms with Gasteiger partial charge in [0, 0.05) is 12.1 Å². The molecule has 3 nitrogen and oxygen atoms in total. The average Bonchev–Trinajstić information content (AvgIpc) is 2.24. The van der Waals surface area contributed by atoms with E-state index in [0.717, 1.165) is 25.9 Å². The zero-order valence-electron chi connectivity index (χ0n) is 8.41. The van der Waals surface area contributed by atoms with E-state index in [1.807, 2.05) is 0 Å². The quantitative estimate of drug-likeness (QED) is 0.791. The summed E-state index contributed by atoms with van der Waals surface area (Å²) >= 11 is 5.99. The zero-order valence-corrected chi connectivity index (χ0v) is 9.17. The number of benzene rings is 1. The molecule has 0 aliphatic carbocycles. The fourth-order valence-electron chi connectivity index (χ4n) is 1.56. The maximum Gasteiger partial charge on any atom is 0.199 e. The second-order valence-corrected chi connectivity index (χ2v) is 4.01. The Hall–Kier alpha value is -0.930. The monoisotopic (exact) mass is 227 g/mol. The Balaban J connectivity index is 2.03. The maximum absolute atomic E-state index is 5.99. The lowest BCUT2D eigenvalue weighted by Crippen LogP contribution is -2.25. The van der Waals surface area contributed by atoms with Crippen LogP contribution in [0.4, 0.5) is 5.69 Å². The summed E-state index contributed by atoms with van der Waals surface area (Å²) in [6.45, 7) is 0.761. The van der Waals surface area contributed by atoms with Crippen LogP contribution >= 0.6 is 11.6 Å². The van der Waals surface area contributed by atoms with Crippen LogP contribution in [0, 0.1) is 0 Å². The highest BCUT2D eigenvalue weighted by atomic mass is 35.5. The fraction of sp³-hybridized carbons (Fsp3) is 0.455. The number of hydrogen-bond acceptors (Lipinski definition) is 3. The second-order valence-electron chi connectivity index (χ2n) is 3.60. The van der Waals surface area contributed by atoms with Gasteiger partial charge in [0.15, 0.2) is 6.29 Å². The van der Waals surface area contributed by atoms with E-state index in [0.29, 0.717) is 16.5 Å². The van der Waals surface area contributed by atoms with Crippen LogP contribution in [-0.4, -0.2) is 12.9 Å². The van der Waals surface area contributed by atoms with E-state index in [4.69, 9.17) is 26.8 Å². The molecule has 15 heavy (non-hydrogen) atoms. The van der Waals surface area contributed by atoms with Crippen molar-refractivity contribution in [1.82, 2.24) is 0 Å². The van der Waals surface area contributed by atoms with Gasteiger partial charge in [-0.05, 0) is 31.0 Å². The number of ether oxygens (including phenoxy) is 2. The molecular weight excluding hydrogens is 214 g/mol. The molecule has 2 rings (SSSR count). The van der Waals surface area contributed by atoms with Gasteiger partial charge in [-0.2, -0.15) is 0 Å². The SMILES string of the molecule is Nc1ccc(OC2CCCCO2)c(Cl)c1. The van der Waals surface area contributed by atoms with E-state index >= 15 is 0 Å². The van der Waals surface area contributed by atoms with Crippen molar-refractivity contribution >= 4 is 17.3 Å². The third-order valence-electron chi connectivity index (χ3n) is 2.35. The highest BCUT2D eigenvalue weighted by Crippen LogP contribution is 2.28. The lowest BCUT2D eigenvalue weighted by molar-refractivity contribution is -0.105. The third-order valence-corrected chi connectivity index (χ3v) is 2.65. The van der Waals surface area contributed by atoms with Crippen molar-refractivity contribution in [3.05, 3.63) is 23.2 Å². The number of rotatable bonds is 2. The molecule has 0 aromatic heterocycles. The summed E-state index contributed by atoms with van der Waals surface area (Å²) in [6, 6.07) is 5.22. The van der Waals surface area contributed by atoms with Crippen molar-refractivity contribution in [2.75, 3.05) is 12.3 Å². The summed E-state index contributed by atoms with van der Waals surface area (Å²) in [4.78, 5) is 0. The van der Waals surface area contributed by atoms with Crippen LogP contribution < -0.4 is 10.5 Å². The van der Waals surface area contributed by atoms with E-state index in [9.17, 15) is 0 Å². The molecule has 1 atom stereocenters. The molecule has 0 amide bonds. The lowest BCUT2D eigenvalue weighted by Gasteiger charge is -2.23. The molecule has 0 spiro atoms. The summed E-state index contributed by atoms with van der Waals surface area (Å²) in [5.41, 5.74) is 6.23. The largest absolute Gasteiger partial charge is 0.463 e. The Morgan fingerprint density at radius 1 is 1.40 bits per heavy atom. The minimum atomic E-state index is -0.167. The van der Waals surface area contributed by atoms with Crippen LogP contribution in [0.25, 0.3) is 0 Å². The van der Waals surface area contributed by atoms with E-state index in [1.165, 1.54) is 0 Å². The molecule has 1 aromatic rings. The summed E-state index contributed by atoms with van der Waals surface area (Å²) in [7, 11) is 0. The van der Waals surface area contributed by atoms with Crippen molar-refractivity contribution in [2.24, 2.45) is 0 Å². The molecule has 0 bridgehead atoms. The highest BCUT2D eigenvalue weighted by Gasteiger charge is 2.16. The van der Waals surface area contributed by atoms with Crippen molar-refractivity contribution < 1.29 is 9.47 Å². The predicted molar refractivity (Wildman–Crippen MR) is 60.1 cm³/mol. The third kappa shape index (κ3) is 2.76. The Kier molecular flexibility index (Phi) is 3.34. The van der Waals surface area contributed by atoms with Crippen LogP contribution in [0.15, 0.2) is 18.2 Å². The van der Waals surface area contributed by atoms with Gasteiger partial charge in [-0.1, -0.05) is 11.6 Å². The Bertz CT molecular complexity index is 337. The smallest absolute Gasteiger partial charge is 0.199 e. The minimum absolute atomic E-state index is 0.167. The standard InChI is InChI=1S/C11H14ClNO2/c12-9-7-8(13)4-5-10(9)15-11-3-1-2-6-14-11/h4-5,7,11H,1-3,6,13H2. The van der Waals surface area contributed by atoms with Gasteiger partial charge in [-0.3, -0.25) is 0 Å². The van der Waals surface area contributed by atoms with E-state index in [2.05, 4.69) is 0 Å². The predicted octanol–water partition coefficient (Wildman–Crippen LogP) is 2.83. The van der Waals surface area contributed by atoms with Crippen molar-refractivity contribution in [3.63, 3.8) is 0 Å². The first-order valence-corrected chi connectivity index (χ1v) is 5.47. The van der Waals surface area contributed by atoms with Gasteiger partial charge in [0.05, 0.1) is 11.6 Å². The van der Waals surface area contributed by atoms with E-state index in [-0.39, 0.29) is 6.29 Å². The zero-order chi connectivity index (χ0) is 10.7. The first kappa shape index (κ1) is 10.6. The van der Waals surface area contributed by atoms with Crippen LogP contribution in [0.2, 0.25) is 5.02 Å². The maximum atomic E-state index is 5.99. The number of hydrogen-bond donors (Lipinski definition) is 1. The Morgan fingerprint density at radius 3 is 2.93 bits per heavy atom. The number of anilines is 1. The van der Waals surface area contributed by atoms with Crippen molar-refractivity contribution in [3.8, 4) is 5.75 Å². The first-order chi connectivity index (χ1) is 7.25. The molecule has 1 aliphatic rings. The van der Waals surface area contributed by atoms with Crippen LogP contribution in [0.5, 0.6) is 5.75 Å². The van der Waals surface area contributed by atoms with Gasteiger partial charge in [0.25, 0.3) is 0 Å². The summed E-state index contributed by atoms with van der Waals surface area (Å²) in [6.07, 6.45) is 2.99. The molecule has 4 heteroatoms. The summed E-state index contributed by atoms with van der Waals surface area (Å²) in [5.74, 6) is 0.637. The first-order valence-electron chi connectivity index (χ1n) is 5.09. The molecule has 1 heterocycles.